The number of aliphatic hydroxyl groups is 2. The third kappa shape index (κ3) is 2.12. The van der Waals surface area contributed by atoms with E-state index < -0.39 is 35.9 Å². The lowest BCUT2D eigenvalue weighted by atomic mass is 10.0. The lowest BCUT2D eigenvalue weighted by Crippen LogP contribution is -2.31. The molecule has 1 aliphatic rings. The van der Waals surface area contributed by atoms with E-state index in [-0.39, 0.29) is 11.2 Å². The van der Waals surface area contributed by atoms with Crippen molar-refractivity contribution in [1.29, 1.82) is 0 Å². The Kier molecular flexibility index (Phi) is 3.62. The number of ether oxygens (including phenoxy) is 1. The minimum atomic E-state index is -0.918. The minimum absolute atomic E-state index is 0.277. The molecule has 0 amide bonds. The normalized spacial score (nSPS) is 31.8. The van der Waals surface area contributed by atoms with E-state index in [1.807, 2.05) is 0 Å². The summed E-state index contributed by atoms with van der Waals surface area (Å²) in [6, 6.07) is 0. The highest BCUT2D eigenvalue weighted by atomic mass is 32.1. The van der Waals surface area contributed by atoms with Crippen molar-refractivity contribution in [3.05, 3.63) is 27.1 Å². The molecule has 1 aromatic rings. The largest absolute Gasteiger partial charge is 0.394 e. The zero-order valence-corrected chi connectivity index (χ0v) is 10.4. The summed E-state index contributed by atoms with van der Waals surface area (Å²) in [7, 11) is 0. The van der Waals surface area contributed by atoms with E-state index in [1.54, 1.807) is 6.92 Å². The van der Waals surface area contributed by atoms with Crippen molar-refractivity contribution in [2.24, 2.45) is 5.92 Å². The van der Waals surface area contributed by atoms with Gasteiger partial charge in [-0.05, 0) is 0 Å². The third-order valence-corrected chi connectivity index (χ3v) is 3.36. The van der Waals surface area contributed by atoms with Crippen molar-refractivity contribution in [1.82, 2.24) is 9.55 Å². The number of aromatic nitrogens is 2. The standard InChI is InChI=1S/C10H13FN2O4S/c1-4-7(15)6(3-14)17-9(4)13-2-5(11)8(18)12-10(13)16/h2,4,6-7,9,14-15H,3H2,1H3,(H,12,16,18)/t4-,6+,7?,9+/m0/s1. The van der Waals surface area contributed by atoms with Crippen LogP contribution in [0.3, 0.4) is 0 Å². The van der Waals surface area contributed by atoms with Crippen molar-refractivity contribution >= 4 is 12.2 Å². The second-order valence-electron chi connectivity index (χ2n) is 4.24. The second-order valence-corrected chi connectivity index (χ2v) is 4.65. The lowest BCUT2D eigenvalue weighted by Gasteiger charge is -2.17. The van der Waals surface area contributed by atoms with E-state index >= 15 is 0 Å². The molecule has 1 aliphatic heterocycles. The van der Waals surface area contributed by atoms with Gasteiger partial charge in [0.05, 0.1) is 18.9 Å². The number of nitrogens with zero attached hydrogens (tertiary/aromatic N) is 1. The number of aromatic amines is 1. The predicted molar refractivity (Wildman–Crippen MR) is 62.0 cm³/mol. The molecule has 1 fully saturated rings. The molecule has 2 heterocycles. The molecule has 0 aliphatic carbocycles. The van der Waals surface area contributed by atoms with Crippen LogP contribution in [0.5, 0.6) is 0 Å². The summed E-state index contributed by atoms with van der Waals surface area (Å²) < 4.78 is 19.4. The summed E-state index contributed by atoms with van der Waals surface area (Å²) >= 11 is 4.60. The Morgan fingerprint density at radius 3 is 2.89 bits per heavy atom. The molecule has 18 heavy (non-hydrogen) atoms. The van der Waals surface area contributed by atoms with E-state index in [9.17, 15) is 14.3 Å². The molecule has 1 aromatic heterocycles. The molecule has 100 valence electrons. The lowest BCUT2D eigenvalue weighted by molar-refractivity contribution is -0.0479. The Hall–Kier alpha value is -1.09. The van der Waals surface area contributed by atoms with Gasteiger partial charge in [-0.25, -0.2) is 9.18 Å². The van der Waals surface area contributed by atoms with Crippen molar-refractivity contribution in [2.45, 2.75) is 25.4 Å². The average Bonchev–Trinajstić information content (AvgIpc) is 2.61. The molecule has 1 unspecified atom stereocenters. The van der Waals surface area contributed by atoms with Gasteiger partial charge in [0, 0.05) is 5.92 Å². The van der Waals surface area contributed by atoms with Gasteiger partial charge >= 0.3 is 5.69 Å². The molecule has 6 nitrogen and oxygen atoms in total. The fourth-order valence-corrected chi connectivity index (χ4v) is 2.15. The van der Waals surface area contributed by atoms with Crippen LogP contribution in [-0.2, 0) is 4.74 Å². The van der Waals surface area contributed by atoms with Gasteiger partial charge in [-0.3, -0.25) is 9.55 Å². The molecule has 1 saturated heterocycles. The first-order valence-electron chi connectivity index (χ1n) is 5.41. The molecular formula is C10H13FN2O4S. The van der Waals surface area contributed by atoms with Gasteiger partial charge in [0.2, 0.25) is 0 Å². The zero-order valence-electron chi connectivity index (χ0n) is 9.54. The quantitative estimate of drug-likeness (QED) is 0.658. The topological polar surface area (TPSA) is 87.5 Å². The van der Waals surface area contributed by atoms with Crippen LogP contribution in [-0.4, -0.2) is 38.6 Å². The number of aliphatic hydroxyl groups excluding tert-OH is 2. The Morgan fingerprint density at radius 2 is 2.33 bits per heavy atom. The number of rotatable bonds is 2. The average molecular weight is 276 g/mol. The second kappa shape index (κ2) is 4.88. The monoisotopic (exact) mass is 276 g/mol. The van der Waals surface area contributed by atoms with E-state index in [4.69, 9.17) is 9.84 Å². The first-order chi connectivity index (χ1) is 8.45. The highest BCUT2D eigenvalue weighted by molar-refractivity contribution is 7.71. The van der Waals surface area contributed by atoms with E-state index in [1.165, 1.54) is 0 Å². The van der Waals surface area contributed by atoms with Crippen LogP contribution in [0, 0.1) is 16.4 Å². The smallest absolute Gasteiger partial charge is 0.328 e. The Labute approximate surface area is 107 Å². The van der Waals surface area contributed by atoms with Gasteiger partial charge in [0.15, 0.2) is 5.82 Å². The maximum absolute atomic E-state index is 13.4. The van der Waals surface area contributed by atoms with Gasteiger partial charge in [0.25, 0.3) is 0 Å². The van der Waals surface area contributed by atoms with Crippen molar-refractivity contribution in [2.75, 3.05) is 6.61 Å². The van der Waals surface area contributed by atoms with Gasteiger partial charge in [-0.15, -0.1) is 0 Å². The predicted octanol–water partition coefficient (Wildman–Crippen LogP) is -0.0683. The van der Waals surface area contributed by atoms with Crippen LogP contribution >= 0.6 is 12.2 Å². The van der Waals surface area contributed by atoms with Gasteiger partial charge in [-0.2, -0.15) is 0 Å². The molecule has 4 atom stereocenters. The van der Waals surface area contributed by atoms with Crippen molar-refractivity contribution in [3.8, 4) is 0 Å². The third-order valence-electron chi connectivity index (χ3n) is 3.06. The first kappa shape index (κ1) is 13.3. The number of hydrogen-bond acceptors (Lipinski definition) is 5. The van der Waals surface area contributed by atoms with Crippen molar-refractivity contribution in [3.63, 3.8) is 0 Å². The van der Waals surface area contributed by atoms with Crippen LogP contribution < -0.4 is 5.69 Å². The number of hydrogen-bond donors (Lipinski definition) is 3. The fraction of sp³-hybridized carbons (Fsp3) is 0.600. The van der Waals surface area contributed by atoms with Crippen LogP contribution in [0.4, 0.5) is 4.39 Å². The van der Waals surface area contributed by atoms with Crippen LogP contribution in [0.25, 0.3) is 0 Å². The molecule has 0 radical (unpaired) electrons. The Bertz CT molecular complexity index is 558. The van der Waals surface area contributed by atoms with Crippen LogP contribution in [0.1, 0.15) is 13.2 Å². The van der Waals surface area contributed by atoms with E-state index in [2.05, 4.69) is 17.2 Å². The molecule has 0 bridgehead atoms. The summed E-state index contributed by atoms with van der Waals surface area (Å²) in [4.78, 5) is 13.9. The number of nitrogens with one attached hydrogen (secondary N) is 1. The molecule has 8 heteroatoms. The SMILES string of the molecule is C[C@H]1C(O)[C@@H](CO)O[C@H]1n1cc(F)c(=S)[nH]c1=O. The number of H-pyrrole nitrogens is 1. The fourth-order valence-electron chi connectivity index (χ4n) is 2.01. The van der Waals surface area contributed by atoms with Gasteiger partial charge in [-0.1, -0.05) is 19.1 Å². The maximum Gasteiger partial charge on any atom is 0.328 e. The molecule has 3 N–H and O–H groups in total. The summed E-state index contributed by atoms with van der Waals surface area (Å²) in [5, 5.41) is 18.8. The minimum Gasteiger partial charge on any atom is -0.394 e. The van der Waals surface area contributed by atoms with Crippen molar-refractivity contribution < 1.29 is 19.3 Å². The highest BCUT2D eigenvalue weighted by Crippen LogP contribution is 2.33. The summed E-state index contributed by atoms with van der Waals surface area (Å²) in [6.45, 7) is 1.28. The molecule has 2 rings (SSSR count). The summed E-state index contributed by atoms with van der Waals surface area (Å²) in [5.41, 5.74) is -0.621. The Morgan fingerprint density at radius 1 is 1.67 bits per heavy atom. The Balaban J connectivity index is 2.42. The van der Waals surface area contributed by atoms with E-state index in [0.29, 0.717) is 0 Å². The maximum atomic E-state index is 13.4. The molecular weight excluding hydrogens is 263 g/mol. The van der Waals surface area contributed by atoms with Crippen LogP contribution in [0.15, 0.2) is 11.0 Å². The van der Waals surface area contributed by atoms with Crippen LogP contribution in [0.2, 0.25) is 0 Å². The summed E-state index contributed by atoms with van der Waals surface area (Å²) in [6.07, 6.45) is -1.61. The first-order valence-corrected chi connectivity index (χ1v) is 5.82. The molecule has 0 saturated carbocycles. The zero-order chi connectivity index (χ0) is 13.4. The van der Waals surface area contributed by atoms with Gasteiger partial charge in [0.1, 0.15) is 17.0 Å². The molecule has 0 aromatic carbocycles. The van der Waals surface area contributed by atoms with Gasteiger partial charge < -0.3 is 14.9 Å². The van der Waals surface area contributed by atoms with E-state index in [0.717, 1.165) is 10.8 Å². The summed E-state index contributed by atoms with van der Waals surface area (Å²) in [5.74, 6) is -1.20. The number of halogens is 1. The highest BCUT2D eigenvalue weighted by Gasteiger charge is 2.41. The molecule has 0 spiro atoms.